The molecule has 2 aromatic rings. The van der Waals surface area contributed by atoms with Gasteiger partial charge in [-0.2, -0.15) is 0 Å². The van der Waals surface area contributed by atoms with Crippen molar-refractivity contribution in [3.8, 4) is 0 Å². The number of carbonyl (C=O) groups excluding carboxylic acids is 1. The number of nitrogens with zero attached hydrogens (tertiary/aromatic N) is 2. The van der Waals surface area contributed by atoms with Crippen LogP contribution in [-0.2, 0) is 0 Å². The third-order valence-corrected chi connectivity index (χ3v) is 5.60. The Kier molecular flexibility index (Phi) is 6.45. The molecule has 1 fully saturated rings. The topological polar surface area (TPSA) is 35.6 Å². The summed E-state index contributed by atoms with van der Waals surface area (Å²) in [5.74, 6) is -0.00650. The lowest BCUT2D eigenvalue weighted by molar-refractivity contribution is 0.0906. The van der Waals surface area contributed by atoms with Crippen LogP contribution < -0.4 is 5.32 Å². The van der Waals surface area contributed by atoms with Crippen LogP contribution in [0.15, 0.2) is 54.6 Å². The molecule has 1 aliphatic heterocycles. The van der Waals surface area contributed by atoms with E-state index < -0.39 is 0 Å². The summed E-state index contributed by atoms with van der Waals surface area (Å²) in [6.45, 7) is 5.07. The molecule has 0 saturated carbocycles. The van der Waals surface area contributed by atoms with Crippen molar-refractivity contribution < 1.29 is 4.79 Å². The lowest BCUT2D eigenvalue weighted by Crippen LogP contribution is -2.47. The minimum atomic E-state index is -0.00650. The standard InChI is InChI=1S/C20H24IN3O/c1-23-11-13-24(14-12-23)15-19(16-7-3-2-4-8-16)22-20(25)17-9-5-6-10-18(17)21/h2-10,19H,11-15H2,1H3,(H,22,25). The number of amides is 1. The first-order valence-corrected chi connectivity index (χ1v) is 9.72. The molecule has 1 saturated heterocycles. The molecule has 0 aliphatic carbocycles. The van der Waals surface area contributed by atoms with E-state index in [4.69, 9.17) is 0 Å². The third kappa shape index (κ3) is 5.03. The summed E-state index contributed by atoms with van der Waals surface area (Å²) in [6, 6.07) is 18.0. The Balaban J connectivity index is 1.75. The van der Waals surface area contributed by atoms with Gasteiger partial charge in [-0.25, -0.2) is 0 Å². The first-order valence-electron chi connectivity index (χ1n) is 8.65. The monoisotopic (exact) mass is 449 g/mol. The van der Waals surface area contributed by atoms with E-state index in [2.05, 4.69) is 56.9 Å². The van der Waals surface area contributed by atoms with Crippen LogP contribution in [0.5, 0.6) is 0 Å². The maximum Gasteiger partial charge on any atom is 0.252 e. The van der Waals surface area contributed by atoms with Crippen molar-refractivity contribution >= 4 is 28.5 Å². The highest BCUT2D eigenvalue weighted by Crippen LogP contribution is 2.18. The van der Waals surface area contributed by atoms with Crippen molar-refractivity contribution in [2.24, 2.45) is 0 Å². The van der Waals surface area contributed by atoms with E-state index in [0.717, 1.165) is 47.4 Å². The SMILES string of the molecule is CN1CCN(CC(NC(=O)c2ccccc2I)c2ccccc2)CC1. The first kappa shape index (κ1) is 18.4. The van der Waals surface area contributed by atoms with E-state index in [1.54, 1.807) is 0 Å². The van der Waals surface area contributed by atoms with Gasteiger partial charge in [-0.1, -0.05) is 42.5 Å². The fourth-order valence-corrected chi connectivity index (χ4v) is 3.72. The summed E-state index contributed by atoms with van der Waals surface area (Å²) in [6.07, 6.45) is 0. The highest BCUT2D eigenvalue weighted by Gasteiger charge is 2.22. The van der Waals surface area contributed by atoms with Crippen molar-refractivity contribution in [2.45, 2.75) is 6.04 Å². The molecule has 0 radical (unpaired) electrons. The summed E-state index contributed by atoms with van der Waals surface area (Å²) < 4.78 is 0.976. The molecule has 1 atom stereocenters. The minimum Gasteiger partial charge on any atom is -0.344 e. The smallest absolute Gasteiger partial charge is 0.252 e. The van der Waals surface area contributed by atoms with Gasteiger partial charge >= 0.3 is 0 Å². The van der Waals surface area contributed by atoms with Crippen LogP contribution in [0.3, 0.4) is 0 Å². The quantitative estimate of drug-likeness (QED) is 0.714. The molecule has 1 unspecified atom stereocenters. The Labute approximate surface area is 163 Å². The number of rotatable bonds is 5. The molecule has 1 aliphatic rings. The summed E-state index contributed by atoms with van der Waals surface area (Å²) in [5.41, 5.74) is 1.89. The molecule has 132 valence electrons. The molecule has 0 bridgehead atoms. The molecule has 3 rings (SSSR count). The zero-order valence-electron chi connectivity index (χ0n) is 14.5. The molecule has 5 heteroatoms. The maximum absolute atomic E-state index is 12.8. The maximum atomic E-state index is 12.8. The van der Waals surface area contributed by atoms with Crippen LogP contribution in [0.2, 0.25) is 0 Å². The molecule has 1 amide bonds. The Bertz CT molecular complexity index is 699. The Morgan fingerprint density at radius 3 is 2.36 bits per heavy atom. The van der Waals surface area contributed by atoms with Crippen molar-refractivity contribution in [3.63, 3.8) is 0 Å². The first-order chi connectivity index (χ1) is 12.1. The number of halogens is 1. The molecular formula is C20H24IN3O. The van der Waals surface area contributed by atoms with Gasteiger partial charge in [-0.15, -0.1) is 0 Å². The molecule has 0 aromatic heterocycles. The minimum absolute atomic E-state index is 0.00638. The highest BCUT2D eigenvalue weighted by molar-refractivity contribution is 14.1. The van der Waals surface area contributed by atoms with Gasteiger partial charge in [0.25, 0.3) is 5.91 Å². The summed E-state index contributed by atoms with van der Waals surface area (Å²) in [4.78, 5) is 17.6. The van der Waals surface area contributed by atoms with E-state index in [9.17, 15) is 4.79 Å². The largest absolute Gasteiger partial charge is 0.344 e. The van der Waals surface area contributed by atoms with Crippen molar-refractivity contribution in [2.75, 3.05) is 39.8 Å². The molecule has 4 nitrogen and oxygen atoms in total. The zero-order valence-corrected chi connectivity index (χ0v) is 16.6. The van der Waals surface area contributed by atoms with Crippen molar-refractivity contribution in [1.29, 1.82) is 0 Å². The van der Waals surface area contributed by atoms with E-state index in [1.165, 1.54) is 0 Å². The summed E-state index contributed by atoms with van der Waals surface area (Å²) in [5, 5.41) is 3.25. The van der Waals surface area contributed by atoms with Crippen LogP contribution >= 0.6 is 22.6 Å². The highest BCUT2D eigenvalue weighted by atomic mass is 127. The molecule has 0 spiro atoms. The molecule has 25 heavy (non-hydrogen) atoms. The number of benzene rings is 2. The lowest BCUT2D eigenvalue weighted by Gasteiger charge is -2.35. The Hall–Kier alpha value is -1.44. The number of hydrogen-bond acceptors (Lipinski definition) is 3. The number of carbonyl (C=O) groups is 1. The second-order valence-corrected chi connectivity index (χ2v) is 7.68. The Morgan fingerprint density at radius 2 is 1.68 bits per heavy atom. The van der Waals surface area contributed by atoms with E-state index in [1.807, 2.05) is 42.5 Å². The Morgan fingerprint density at radius 1 is 1.04 bits per heavy atom. The van der Waals surface area contributed by atoms with Crippen LogP contribution in [0.4, 0.5) is 0 Å². The number of hydrogen-bond donors (Lipinski definition) is 1. The van der Waals surface area contributed by atoms with E-state index in [0.29, 0.717) is 0 Å². The van der Waals surface area contributed by atoms with Gasteiger partial charge in [0.05, 0.1) is 11.6 Å². The predicted octanol–water partition coefficient (Wildman–Crippen LogP) is 3.01. The van der Waals surface area contributed by atoms with Gasteiger partial charge in [0.15, 0.2) is 0 Å². The number of nitrogens with one attached hydrogen (secondary N) is 1. The second kappa shape index (κ2) is 8.78. The van der Waals surface area contributed by atoms with Gasteiger partial charge in [0.1, 0.15) is 0 Å². The average Bonchev–Trinajstić information content (AvgIpc) is 2.64. The van der Waals surface area contributed by atoms with Gasteiger partial charge < -0.3 is 10.2 Å². The molecule has 1 heterocycles. The molecule has 2 aromatic carbocycles. The van der Waals surface area contributed by atoms with Crippen LogP contribution in [0.1, 0.15) is 22.0 Å². The van der Waals surface area contributed by atoms with Crippen molar-refractivity contribution in [1.82, 2.24) is 15.1 Å². The van der Waals surface area contributed by atoms with Crippen molar-refractivity contribution in [3.05, 3.63) is 69.3 Å². The fourth-order valence-electron chi connectivity index (χ4n) is 3.09. The molecular weight excluding hydrogens is 425 g/mol. The van der Waals surface area contributed by atoms with Gasteiger partial charge in [0.2, 0.25) is 0 Å². The predicted molar refractivity (Wildman–Crippen MR) is 110 cm³/mol. The normalized spacial score (nSPS) is 17.2. The lowest BCUT2D eigenvalue weighted by atomic mass is 10.0. The fraction of sp³-hybridized carbons (Fsp3) is 0.350. The second-order valence-electron chi connectivity index (χ2n) is 6.52. The number of likely N-dealkylation sites (N-methyl/N-ethyl adjacent to an activating group) is 1. The van der Waals surface area contributed by atoms with Gasteiger partial charge in [-0.3, -0.25) is 9.69 Å². The van der Waals surface area contributed by atoms with Crippen LogP contribution in [0.25, 0.3) is 0 Å². The van der Waals surface area contributed by atoms with E-state index in [-0.39, 0.29) is 11.9 Å². The van der Waals surface area contributed by atoms with E-state index >= 15 is 0 Å². The summed E-state index contributed by atoms with van der Waals surface area (Å²) >= 11 is 2.22. The van der Waals surface area contributed by atoms with Gasteiger partial charge in [-0.05, 0) is 47.3 Å². The number of piperazine rings is 1. The average molecular weight is 449 g/mol. The molecule has 1 N–H and O–H groups in total. The van der Waals surface area contributed by atoms with Crippen LogP contribution in [0, 0.1) is 3.57 Å². The van der Waals surface area contributed by atoms with Gasteiger partial charge in [0, 0.05) is 36.3 Å². The van der Waals surface area contributed by atoms with Crippen LogP contribution in [-0.4, -0.2) is 55.5 Å². The summed E-state index contributed by atoms with van der Waals surface area (Å²) in [7, 11) is 2.16. The zero-order chi connectivity index (χ0) is 17.6. The third-order valence-electron chi connectivity index (χ3n) is 4.66.